The number of ether oxygens (including phenoxy) is 1. The molecule has 6 rings (SSSR count). The van der Waals surface area contributed by atoms with Crippen molar-refractivity contribution in [1.82, 2.24) is 19.5 Å². The van der Waals surface area contributed by atoms with E-state index in [0.29, 0.717) is 34.7 Å². The number of hydrogen-bond acceptors (Lipinski definition) is 6. The lowest BCUT2D eigenvalue weighted by atomic mass is 9.61. The number of aryl methyl sites for hydroxylation is 1. The first-order valence-corrected chi connectivity index (χ1v) is 9.15. The summed E-state index contributed by atoms with van der Waals surface area (Å²) in [6, 6.07) is 0.0196. The second-order valence-electron chi connectivity index (χ2n) is 7.56. The molecule has 1 N–H and O–H groups in total. The maximum absolute atomic E-state index is 12.5. The SMILES string of the molecule is COC(=O)[C@@H]1[C@@H]2CC[C@@H]([C@@H]3C[C@@H]32)[C@H]1Nc1nc(Cl)nc2c1ncn2C. The molecule has 7 nitrogen and oxygen atoms in total. The van der Waals surface area contributed by atoms with Crippen LogP contribution >= 0.6 is 11.6 Å². The van der Waals surface area contributed by atoms with Crippen molar-refractivity contribution in [1.29, 1.82) is 0 Å². The molecule has 0 radical (unpaired) electrons. The van der Waals surface area contributed by atoms with E-state index >= 15 is 0 Å². The van der Waals surface area contributed by atoms with E-state index in [0.717, 1.165) is 18.8 Å². The number of anilines is 1. The van der Waals surface area contributed by atoms with Gasteiger partial charge in [-0.1, -0.05) is 0 Å². The number of rotatable bonds is 3. The Hall–Kier alpha value is -1.89. The van der Waals surface area contributed by atoms with E-state index in [-0.39, 0.29) is 23.2 Å². The summed E-state index contributed by atoms with van der Waals surface area (Å²) in [6.45, 7) is 0. The van der Waals surface area contributed by atoms with Crippen LogP contribution in [0.15, 0.2) is 6.33 Å². The van der Waals surface area contributed by atoms with Crippen molar-refractivity contribution < 1.29 is 9.53 Å². The van der Waals surface area contributed by atoms with Crippen LogP contribution < -0.4 is 5.32 Å². The maximum Gasteiger partial charge on any atom is 0.311 e. The van der Waals surface area contributed by atoms with Crippen LogP contribution in [-0.4, -0.2) is 38.6 Å². The highest BCUT2D eigenvalue weighted by atomic mass is 35.5. The molecule has 2 heterocycles. The van der Waals surface area contributed by atoms with Gasteiger partial charge in [0.15, 0.2) is 17.0 Å². The summed E-state index contributed by atoms with van der Waals surface area (Å²) in [5.74, 6) is 2.69. The van der Waals surface area contributed by atoms with Crippen molar-refractivity contribution in [3.8, 4) is 0 Å². The Kier molecular flexibility index (Phi) is 3.26. The monoisotopic (exact) mass is 361 g/mol. The van der Waals surface area contributed by atoms with Gasteiger partial charge in [0.2, 0.25) is 5.28 Å². The topological polar surface area (TPSA) is 81.9 Å². The van der Waals surface area contributed by atoms with Gasteiger partial charge in [0.1, 0.15) is 0 Å². The van der Waals surface area contributed by atoms with Crippen molar-refractivity contribution >= 4 is 34.6 Å². The molecule has 4 aliphatic carbocycles. The first kappa shape index (κ1) is 15.4. The third kappa shape index (κ3) is 2.18. The molecule has 0 spiro atoms. The number of fused-ring (bicyclic) bond motifs is 3. The summed E-state index contributed by atoms with van der Waals surface area (Å²) in [5, 5.41) is 3.70. The molecule has 0 aromatic carbocycles. The van der Waals surface area contributed by atoms with Crippen LogP contribution in [0.5, 0.6) is 0 Å². The van der Waals surface area contributed by atoms with Gasteiger partial charge in [-0.2, -0.15) is 9.97 Å². The Morgan fingerprint density at radius 3 is 2.84 bits per heavy atom. The number of carbonyl (C=O) groups is 1. The molecule has 2 aromatic rings. The number of nitrogens with zero attached hydrogens (tertiary/aromatic N) is 4. The van der Waals surface area contributed by atoms with Crippen LogP contribution in [-0.2, 0) is 16.6 Å². The number of methoxy groups -OCH3 is 1. The van der Waals surface area contributed by atoms with E-state index < -0.39 is 0 Å². The molecule has 0 saturated heterocycles. The second-order valence-corrected chi connectivity index (χ2v) is 7.89. The van der Waals surface area contributed by atoms with Crippen LogP contribution in [0.1, 0.15) is 19.3 Å². The average molecular weight is 362 g/mol. The molecule has 4 fully saturated rings. The summed E-state index contributed by atoms with van der Waals surface area (Å²) in [5.41, 5.74) is 1.37. The molecular formula is C17H20ClN5O2. The lowest BCUT2D eigenvalue weighted by molar-refractivity contribution is -0.152. The largest absolute Gasteiger partial charge is 0.469 e. The number of esters is 1. The molecule has 132 valence electrons. The van der Waals surface area contributed by atoms with Gasteiger partial charge in [0.25, 0.3) is 0 Å². The maximum atomic E-state index is 12.5. The minimum absolute atomic E-state index is 0.0196. The molecule has 6 atom stereocenters. The molecule has 4 saturated carbocycles. The minimum Gasteiger partial charge on any atom is -0.469 e. The van der Waals surface area contributed by atoms with Crippen LogP contribution in [0.25, 0.3) is 11.2 Å². The summed E-state index contributed by atoms with van der Waals surface area (Å²) in [4.78, 5) is 25.5. The summed E-state index contributed by atoms with van der Waals surface area (Å²) < 4.78 is 6.95. The fourth-order valence-electron chi connectivity index (χ4n) is 5.35. The van der Waals surface area contributed by atoms with Gasteiger partial charge in [0, 0.05) is 13.1 Å². The molecule has 2 aromatic heterocycles. The number of nitrogens with one attached hydrogen (secondary N) is 1. The van der Waals surface area contributed by atoms with E-state index in [1.807, 2.05) is 11.6 Å². The zero-order valence-corrected chi connectivity index (χ0v) is 14.9. The highest BCUT2D eigenvalue weighted by Crippen LogP contribution is 2.64. The van der Waals surface area contributed by atoms with Crippen molar-refractivity contribution in [3.63, 3.8) is 0 Å². The third-order valence-corrected chi connectivity index (χ3v) is 6.61. The Labute approximate surface area is 150 Å². The lowest BCUT2D eigenvalue weighted by Gasteiger charge is -2.47. The van der Waals surface area contributed by atoms with Crippen LogP contribution in [0, 0.1) is 29.6 Å². The highest BCUT2D eigenvalue weighted by Gasteiger charge is 2.63. The second kappa shape index (κ2) is 5.30. The fourth-order valence-corrected chi connectivity index (χ4v) is 5.52. The van der Waals surface area contributed by atoms with Crippen molar-refractivity contribution in [3.05, 3.63) is 11.6 Å². The van der Waals surface area contributed by atoms with Gasteiger partial charge >= 0.3 is 5.97 Å². The van der Waals surface area contributed by atoms with Gasteiger partial charge in [-0.3, -0.25) is 4.79 Å². The number of hydrogen-bond donors (Lipinski definition) is 1. The Balaban J connectivity index is 1.55. The molecule has 0 unspecified atom stereocenters. The molecule has 2 bridgehead atoms. The molecule has 8 heteroatoms. The molecule has 4 aliphatic rings. The predicted molar refractivity (Wildman–Crippen MR) is 92.0 cm³/mol. The number of imidazole rings is 1. The normalized spacial score (nSPS) is 35.5. The van der Waals surface area contributed by atoms with Gasteiger partial charge < -0.3 is 14.6 Å². The smallest absolute Gasteiger partial charge is 0.311 e. The Bertz CT molecular complexity index is 868. The van der Waals surface area contributed by atoms with Crippen molar-refractivity contribution in [2.45, 2.75) is 25.3 Å². The van der Waals surface area contributed by atoms with Gasteiger partial charge in [-0.25, -0.2) is 4.98 Å². The molecule has 25 heavy (non-hydrogen) atoms. The van der Waals surface area contributed by atoms with Gasteiger partial charge in [-0.05, 0) is 54.5 Å². The zero-order valence-electron chi connectivity index (χ0n) is 14.1. The van der Waals surface area contributed by atoms with Gasteiger partial charge in [-0.15, -0.1) is 0 Å². The number of aromatic nitrogens is 4. The van der Waals surface area contributed by atoms with E-state index in [1.165, 1.54) is 13.5 Å². The number of carbonyl (C=O) groups excluding carboxylic acids is 1. The quantitative estimate of drug-likeness (QED) is 0.667. The van der Waals surface area contributed by atoms with Gasteiger partial charge in [0.05, 0.1) is 19.4 Å². The van der Waals surface area contributed by atoms with E-state index in [2.05, 4.69) is 20.3 Å². The van der Waals surface area contributed by atoms with E-state index in [9.17, 15) is 4.79 Å². The minimum atomic E-state index is -0.125. The first-order valence-electron chi connectivity index (χ1n) is 8.77. The fraction of sp³-hybridized carbons (Fsp3) is 0.647. The standard InChI is InChI=1S/C17H20ClN5O2/c1-23-6-19-13-14(21-17(18)22-15(13)23)20-12-8-4-3-7(9-5-10(8)9)11(12)16(24)25-2/h6-12H,3-5H2,1-2H3,(H,20,21,22)/t7-,8+,9-,10+,11-,12-/m1/s1. The summed E-state index contributed by atoms with van der Waals surface area (Å²) >= 11 is 6.12. The van der Waals surface area contributed by atoms with Crippen molar-refractivity contribution in [2.75, 3.05) is 12.4 Å². The summed E-state index contributed by atoms with van der Waals surface area (Å²) in [6.07, 6.45) is 5.21. The molecular weight excluding hydrogens is 342 g/mol. The zero-order chi connectivity index (χ0) is 17.3. The number of halogens is 1. The van der Waals surface area contributed by atoms with E-state index in [1.54, 1.807) is 6.33 Å². The van der Waals surface area contributed by atoms with Crippen LogP contribution in [0.4, 0.5) is 5.82 Å². The molecule has 0 amide bonds. The van der Waals surface area contributed by atoms with Crippen LogP contribution in [0.3, 0.4) is 0 Å². The Morgan fingerprint density at radius 2 is 2.04 bits per heavy atom. The third-order valence-electron chi connectivity index (χ3n) is 6.44. The highest BCUT2D eigenvalue weighted by molar-refractivity contribution is 6.28. The van der Waals surface area contributed by atoms with E-state index in [4.69, 9.17) is 16.3 Å². The first-order chi connectivity index (χ1) is 12.1. The average Bonchev–Trinajstić information content (AvgIpc) is 3.35. The molecule has 0 aliphatic heterocycles. The van der Waals surface area contributed by atoms with Crippen LogP contribution in [0.2, 0.25) is 5.28 Å². The summed E-state index contributed by atoms with van der Waals surface area (Å²) in [7, 11) is 3.35. The van der Waals surface area contributed by atoms with Crippen molar-refractivity contribution in [2.24, 2.45) is 36.6 Å². The lowest BCUT2D eigenvalue weighted by Crippen LogP contribution is -2.53. The Morgan fingerprint density at radius 1 is 1.28 bits per heavy atom. The predicted octanol–water partition coefficient (Wildman–Crippen LogP) is 2.26.